The number of rotatable bonds is 6. The molecule has 4 nitrogen and oxygen atoms in total. The Bertz CT molecular complexity index is 632. The summed E-state index contributed by atoms with van der Waals surface area (Å²) in [6, 6.07) is 11.3. The minimum Gasteiger partial charge on any atom is -0.482 e. The summed E-state index contributed by atoms with van der Waals surface area (Å²) in [6.45, 7) is 0.314. The monoisotopic (exact) mass is 308 g/mol. The molecule has 2 aromatic carbocycles. The van der Waals surface area contributed by atoms with Crippen LogP contribution in [0.5, 0.6) is 5.75 Å². The molecule has 0 aromatic heterocycles. The molecule has 0 fully saturated rings. The molecule has 1 amide bonds. The summed E-state index contributed by atoms with van der Waals surface area (Å²) < 4.78 is 17.9. The van der Waals surface area contributed by atoms with Gasteiger partial charge in [-0.25, -0.2) is 4.39 Å². The summed E-state index contributed by atoms with van der Waals surface area (Å²) in [7, 11) is 0. The van der Waals surface area contributed by atoms with E-state index in [0.29, 0.717) is 17.3 Å². The van der Waals surface area contributed by atoms with Gasteiger partial charge >= 0.3 is 0 Å². The Kier molecular flexibility index (Phi) is 5.00. The maximum Gasteiger partial charge on any atom is 0.255 e. The van der Waals surface area contributed by atoms with E-state index in [0.717, 1.165) is 11.3 Å². The number of primary amides is 1. The molecule has 0 saturated carbocycles. The van der Waals surface area contributed by atoms with E-state index in [-0.39, 0.29) is 12.4 Å². The number of carbonyl (C=O) groups excluding carboxylic acids is 1. The van der Waals surface area contributed by atoms with Crippen LogP contribution < -0.4 is 15.8 Å². The zero-order chi connectivity index (χ0) is 15.2. The average Bonchev–Trinajstić information content (AvgIpc) is 2.45. The van der Waals surface area contributed by atoms with Crippen LogP contribution in [0.15, 0.2) is 42.5 Å². The Morgan fingerprint density at radius 2 is 1.95 bits per heavy atom. The van der Waals surface area contributed by atoms with Crippen LogP contribution in [0.25, 0.3) is 0 Å². The number of anilines is 1. The number of hydrogen-bond donors (Lipinski definition) is 2. The Hall–Kier alpha value is -2.27. The summed E-state index contributed by atoms with van der Waals surface area (Å²) in [4.78, 5) is 10.7. The molecule has 0 saturated heterocycles. The lowest BCUT2D eigenvalue weighted by Gasteiger charge is -2.10. The summed E-state index contributed by atoms with van der Waals surface area (Å²) in [6.07, 6.45) is 0. The molecule has 3 N–H and O–H groups in total. The molecular weight excluding hydrogens is 295 g/mol. The summed E-state index contributed by atoms with van der Waals surface area (Å²) in [5, 5.41) is 3.54. The van der Waals surface area contributed by atoms with Gasteiger partial charge in [-0.05, 0) is 42.0 Å². The van der Waals surface area contributed by atoms with Crippen molar-refractivity contribution in [3.05, 3.63) is 58.9 Å². The first-order chi connectivity index (χ1) is 10.0. The van der Waals surface area contributed by atoms with E-state index >= 15 is 0 Å². The van der Waals surface area contributed by atoms with E-state index < -0.39 is 5.91 Å². The third-order valence-corrected chi connectivity index (χ3v) is 3.00. The predicted molar refractivity (Wildman–Crippen MR) is 79.9 cm³/mol. The van der Waals surface area contributed by atoms with Crippen LogP contribution in [-0.4, -0.2) is 12.5 Å². The van der Waals surface area contributed by atoms with Crippen LogP contribution in [0.1, 0.15) is 5.56 Å². The summed E-state index contributed by atoms with van der Waals surface area (Å²) >= 11 is 6.06. The highest BCUT2D eigenvalue weighted by Gasteiger charge is 2.05. The molecular formula is C15H14ClFN2O2. The van der Waals surface area contributed by atoms with E-state index in [2.05, 4.69) is 5.32 Å². The van der Waals surface area contributed by atoms with Gasteiger partial charge in [0.25, 0.3) is 5.91 Å². The molecule has 0 aliphatic carbocycles. The van der Waals surface area contributed by atoms with Crippen molar-refractivity contribution in [2.24, 2.45) is 5.73 Å². The van der Waals surface area contributed by atoms with E-state index in [4.69, 9.17) is 22.1 Å². The molecule has 21 heavy (non-hydrogen) atoms. The fraction of sp³-hybridized carbons (Fsp3) is 0.133. The van der Waals surface area contributed by atoms with E-state index in [9.17, 15) is 9.18 Å². The molecule has 0 bridgehead atoms. The van der Waals surface area contributed by atoms with Crippen LogP contribution in [0, 0.1) is 5.82 Å². The molecule has 6 heteroatoms. The Labute approximate surface area is 126 Å². The topological polar surface area (TPSA) is 64.4 Å². The molecule has 2 aromatic rings. The van der Waals surface area contributed by atoms with Crippen molar-refractivity contribution in [3.63, 3.8) is 0 Å². The van der Waals surface area contributed by atoms with Gasteiger partial charge in [-0.1, -0.05) is 17.7 Å². The second-order valence-corrected chi connectivity index (χ2v) is 4.79. The highest BCUT2D eigenvalue weighted by Crippen LogP contribution is 2.25. The lowest BCUT2D eigenvalue weighted by Crippen LogP contribution is -2.20. The largest absolute Gasteiger partial charge is 0.482 e. The second-order valence-electron chi connectivity index (χ2n) is 4.38. The third-order valence-electron chi connectivity index (χ3n) is 2.71. The minimum atomic E-state index is -0.562. The van der Waals surface area contributed by atoms with Crippen molar-refractivity contribution < 1.29 is 13.9 Å². The molecule has 0 aliphatic rings. The van der Waals surface area contributed by atoms with Crippen LogP contribution in [0.2, 0.25) is 5.02 Å². The van der Waals surface area contributed by atoms with E-state index in [1.165, 1.54) is 12.1 Å². The molecule has 0 radical (unpaired) electrons. The number of nitrogens with one attached hydrogen (secondary N) is 1. The maximum atomic E-state index is 12.8. The number of halogens is 2. The van der Waals surface area contributed by atoms with Gasteiger partial charge in [0.05, 0.1) is 5.02 Å². The fourth-order valence-corrected chi connectivity index (χ4v) is 1.95. The van der Waals surface area contributed by atoms with Gasteiger partial charge in [0, 0.05) is 12.2 Å². The van der Waals surface area contributed by atoms with Crippen molar-refractivity contribution in [1.82, 2.24) is 0 Å². The van der Waals surface area contributed by atoms with Gasteiger partial charge in [-0.3, -0.25) is 4.79 Å². The van der Waals surface area contributed by atoms with Crippen LogP contribution in [-0.2, 0) is 11.3 Å². The predicted octanol–water partition coefficient (Wildman–Crippen LogP) is 2.96. The zero-order valence-electron chi connectivity index (χ0n) is 11.1. The molecule has 0 unspecified atom stereocenters. The highest BCUT2D eigenvalue weighted by molar-refractivity contribution is 6.32. The zero-order valence-corrected chi connectivity index (χ0v) is 11.9. The summed E-state index contributed by atoms with van der Waals surface area (Å²) in [5.41, 5.74) is 6.73. The lowest BCUT2D eigenvalue weighted by atomic mass is 10.2. The standard InChI is InChI=1S/C15H14ClFN2O2/c16-13-7-10(1-6-14(13)21-9-15(18)20)8-19-12-4-2-11(17)3-5-12/h1-7,19H,8-9H2,(H2,18,20). The molecule has 0 atom stereocenters. The van der Waals surface area contributed by atoms with Gasteiger partial charge in [-0.15, -0.1) is 0 Å². The molecule has 0 aliphatic heterocycles. The van der Waals surface area contributed by atoms with Crippen LogP contribution in [0.3, 0.4) is 0 Å². The third kappa shape index (κ3) is 4.65. The lowest BCUT2D eigenvalue weighted by molar-refractivity contribution is -0.119. The van der Waals surface area contributed by atoms with Crippen LogP contribution in [0.4, 0.5) is 10.1 Å². The van der Waals surface area contributed by atoms with Gasteiger partial charge in [-0.2, -0.15) is 0 Å². The van der Waals surface area contributed by atoms with Crippen LogP contribution >= 0.6 is 11.6 Å². The quantitative estimate of drug-likeness (QED) is 0.862. The maximum absolute atomic E-state index is 12.8. The Morgan fingerprint density at radius 1 is 1.24 bits per heavy atom. The van der Waals surface area contributed by atoms with Gasteiger partial charge < -0.3 is 15.8 Å². The number of nitrogens with two attached hydrogens (primary N) is 1. The second kappa shape index (κ2) is 6.95. The molecule has 0 spiro atoms. The number of benzene rings is 2. The average molecular weight is 309 g/mol. The van der Waals surface area contributed by atoms with E-state index in [1.54, 1.807) is 24.3 Å². The van der Waals surface area contributed by atoms with Crippen molar-refractivity contribution in [1.29, 1.82) is 0 Å². The van der Waals surface area contributed by atoms with Gasteiger partial charge in [0.1, 0.15) is 11.6 Å². The van der Waals surface area contributed by atoms with E-state index in [1.807, 2.05) is 6.07 Å². The van der Waals surface area contributed by atoms with Crippen molar-refractivity contribution in [3.8, 4) is 5.75 Å². The smallest absolute Gasteiger partial charge is 0.255 e. The number of hydrogen-bond acceptors (Lipinski definition) is 3. The number of ether oxygens (including phenoxy) is 1. The molecule has 2 rings (SSSR count). The van der Waals surface area contributed by atoms with Crippen molar-refractivity contribution >= 4 is 23.2 Å². The first-order valence-corrected chi connectivity index (χ1v) is 6.61. The molecule has 0 heterocycles. The Morgan fingerprint density at radius 3 is 2.57 bits per heavy atom. The Balaban J connectivity index is 1.96. The fourth-order valence-electron chi connectivity index (χ4n) is 1.69. The highest BCUT2D eigenvalue weighted by atomic mass is 35.5. The number of carbonyl (C=O) groups is 1. The van der Waals surface area contributed by atoms with Gasteiger partial charge in [0.2, 0.25) is 0 Å². The minimum absolute atomic E-state index is 0.215. The molecule has 110 valence electrons. The first-order valence-electron chi connectivity index (χ1n) is 6.23. The van der Waals surface area contributed by atoms with Gasteiger partial charge in [0.15, 0.2) is 6.61 Å². The summed E-state index contributed by atoms with van der Waals surface area (Å²) in [5.74, 6) is -0.436. The normalized spacial score (nSPS) is 10.2. The SMILES string of the molecule is NC(=O)COc1ccc(CNc2ccc(F)cc2)cc1Cl. The number of amides is 1. The van der Waals surface area contributed by atoms with Crippen molar-refractivity contribution in [2.75, 3.05) is 11.9 Å². The van der Waals surface area contributed by atoms with Crippen molar-refractivity contribution in [2.45, 2.75) is 6.54 Å². The first kappa shape index (κ1) is 15.1.